The summed E-state index contributed by atoms with van der Waals surface area (Å²) >= 11 is 1.62. The van der Waals surface area contributed by atoms with Crippen molar-refractivity contribution in [2.75, 3.05) is 13.1 Å². The Morgan fingerprint density at radius 3 is 2.77 bits per heavy atom. The maximum atomic E-state index is 12.8. The van der Waals surface area contributed by atoms with E-state index in [1.807, 2.05) is 11.8 Å². The molecule has 7 nitrogen and oxygen atoms in total. The number of nitrogens with zero attached hydrogens (tertiary/aromatic N) is 3. The van der Waals surface area contributed by atoms with Crippen LogP contribution in [0.15, 0.2) is 15.6 Å². The summed E-state index contributed by atoms with van der Waals surface area (Å²) in [5.74, 6) is 2.68. The molecule has 4 fully saturated rings. The number of amidine groups is 1. The summed E-state index contributed by atoms with van der Waals surface area (Å²) in [5.41, 5.74) is 0.380. The number of amides is 2. The predicted octanol–water partition coefficient (Wildman–Crippen LogP) is 3.39. The van der Waals surface area contributed by atoms with E-state index in [1.54, 1.807) is 24.8 Å². The van der Waals surface area contributed by atoms with Crippen molar-refractivity contribution in [3.05, 3.63) is 17.5 Å². The van der Waals surface area contributed by atoms with Crippen molar-refractivity contribution in [1.82, 2.24) is 15.4 Å². The van der Waals surface area contributed by atoms with E-state index in [2.05, 4.69) is 10.5 Å². The van der Waals surface area contributed by atoms with E-state index in [4.69, 9.17) is 9.52 Å². The molecule has 2 aliphatic heterocycles. The Morgan fingerprint density at radius 2 is 2.13 bits per heavy atom. The van der Waals surface area contributed by atoms with Gasteiger partial charge in [0.25, 0.3) is 5.91 Å². The minimum atomic E-state index is -0.462. The Labute approximate surface area is 181 Å². The Kier molecular flexibility index (Phi) is 5.16. The van der Waals surface area contributed by atoms with E-state index in [9.17, 15) is 9.59 Å². The van der Waals surface area contributed by atoms with Crippen molar-refractivity contribution in [3.63, 3.8) is 0 Å². The molecule has 2 saturated carbocycles. The molecule has 0 radical (unpaired) electrons. The van der Waals surface area contributed by atoms with Crippen LogP contribution in [0, 0.1) is 24.7 Å². The fraction of sp³-hybridized carbons (Fsp3) is 0.727. The van der Waals surface area contributed by atoms with E-state index < -0.39 is 4.75 Å². The van der Waals surface area contributed by atoms with Crippen molar-refractivity contribution in [2.45, 2.75) is 69.6 Å². The molecule has 162 valence electrons. The van der Waals surface area contributed by atoms with Gasteiger partial charge in [-0.3, -0.25) is 14.6 Å². The van der Waals surface area contributed by atoms with Crippen LogP contribution < -0.4 is 5.32 Å². The molecule has 2 amide bonds. The van der Waals surface area contributed by atoms with Gasteiger partial charge in [0, 0.05) is 19.2 Å². The van der Waals surface area contributed by atoms with Gasteiger partial charge in [0.15, 0.2) is 10.9 Å². The Hall–Kier alpha value is -1.83. The predicted molar refractivity (Wildman–Crippen MR) is 115 cm³/mol. The average molecular weight is 431 g/mol. The van der Waals surface area contributed by atoms with Crippen molar-refractivity contribution in [2.24, 2.45) is 22.7 Å². The summed E-state index contributed by atoms with van der Waals surface area (Å²) in [5, 5.41) is 7.73. The number of aromatic nitrogens is 1. The molecule has 1 N–H and O–H groups in total. The first-order valence-corrected chi connectivity index (χ1v) is 12.0. The SMILES string of the molecule is Cc1cc(C(=O)N2CCC(CC3(C)SC(=N[C@H]4C[C@H]5CC[C@H]4C5)NC3=O)CC2)no1. The van der Waals surface area contributed by atoms with Crippen LogP contribution in [-0.4, -0.2) is 50.9 Å². The second-order valence-corrected chi connectivity index (χ2v) is 11.2. The van der Waals surface area contributed by atoms with E-state index in [0.29, 0.717) is 36.5 Å². The molecule has 30 heavy (non-hydrogen) atoms. The topological polar surface area (TPSA) is 87.8 Å². The third-order valence-electron chi connectivity index (χ3n) is 7.43. The third kappa shape index (κ3) is 3.79. The van der Waals surface area contributed by atoms with Crippen molar-refractivity contribution in [1.29, 1.82) is 0 Å². The molecular weight excluding hydrogens is 400 g/mol. The van der Waals surface area contributed by atoms with Gasteiger partial charge < -0.3 is 14.7 Å². The molecule has 1 unspecified atom stereocenters. The highest BCUT2D eigenvalue weighted by molar-refractivity contribution is 8.16. The first kappa shape index (κ1) is 20.1. The first-order chi connectivity index (χ1) is 14.4. The maximum absolute atomic E-state index is 12.8. The molecule has 1 aromatic heterocycles. The highest BCUT2D eigenvalue weighted by Gasteiger charge is 2.46. The second kappa shape index (κ2) is 7.70. The van der Waals surface area contributed by atoms with Gasteiger partial charge in [-0.15, -0.1) is 0 Å². The fourth-order valence-corrected chi connectivity index (χ4v) is 6.97. The molecular formula is C22H30N4O3S. The number of likely N-dealkylation sites (tertiary alicyclic amines) is 1. The standard InChI is InChI=1S/C22H30N4O3S/c1-13-9-18(25-29-13)19(27)26-7-5-14(6-8-26)12-22(2)20(28)24-21(30-22)23-17-11-15-3-4-16(17)10-15/h9,14-17H,3-8,10-12H2,1-2H3,(H,23,24,28)/t15-,16-,17-,22?/m0/s1. The van der Waals surface area contributed by atoms with E-state index in [1.165, 1.54) is 25.7 Å². The van der Waals surface area contributed by atoms with Crippen LogP contribution in [0.5, 0.6) is 0 Å². The number of aliphatic imine (C=N–C) groups is 1. The molecule has 2 aliphatic carbocycles. The van der Waals surface area contributed by atoms with Crippen LogP contribution in [0.25, 0.3) is 0 Å². The number of rotatable bonds is 4. The zero-order valence-corrected chi connectivity index (χ0v) is 18.5. The number of carbonyl (C=O) groups is 2. The van der Waals surface area contributed by atoms with Gasteiger partial charge in [-0.2, -0.15) is 0 Å². The zero-order chi connectivity index (χ0) is 20.9. The van der Waals surface area contributed by atoms with E-state index in [-0.39, 0.29) is 11.8 Å². The largest absolute Gasteiger partial charge is 0.361 e. The summed E-state index contributed by atoms with van der Waals surface area (Å²) < 4.78 is 4.57. The van der Waals surface area contributed by atoms with Crippen LogP contribution in [0.1, 0.15) is 68.1 Å². The summed E-state index contributed by atoms with van der Waals surface area (Å²) in [7, 11) is 0. The molecule has 8 heteroatoms. The number of nitrogens with one attached hydrogen (secondary N) is 1. The summed E-state index contributed by atoms with van der Waals surface area (Å²) in [4.78, 5) is 32.1. The normalized spacial score (nSPS) is 35.4. The smallest absolute Gasteiger partial charge is 0.276 e. The van der Waals surface area contributed by atoms with Gasteiger partial charge in [-0.25, -0.2) is 0 Å². The number of carbonyl (C=O) groups excluding carboxylic acids is 2. The van der Waals surface area contributed by atoms with Crippen molar-refractivity contribution in [3.8, 4) is 0 Å². The van der Waals surface area contributed by atoms with Crippen LogP contribution in [0.2, 0.25) is 0 Å². The summed E-state index contributed by atoms with van der Waals surface area (Å²) in [6, 6.07) is 2.09. The van der Waals surface area contributed by atoms with Crippen LogP contribution in [0.4, 0.5) is 0 Å². The van der Waals surface area contributed by atoms with Gasteiger partial charge in [-0.05, 0) is 70.1 Å². The Morgan fingerprint density at radius 1 is 1.33 bits per heavy atom. The number of thioether (sulfide) groups is 1. The highest BCUT2D eigenvalue weighted by atomic mass is 32.2. The molecule has 3 heterocycles. The monoisotopic (exact) mass is 430 g/mol. The van der Waals surface area contributed by atoms with Crippen LogP contribution in [-0.2, 0) is 4.79 Å². The van der Waals surface area contributed by atoms with Gasteiger partial charge in [0.2, 0.25) is 5.91 Å². The first-order valence-electron chi connectivity index (χ1n) is 11.2. The molecule has 0 spiro atoms. The third-order valence-corrected chi connectivity index (χ3v) is 8.64. The lowest BCUT2D eigenvalue weighted by molar-refractivity contribution is -0.121. The van der Waals surface area contributed by atoms with Gasteiger partial charge in [-0.1, -0.05) is 23.3 Å². The summed E-state index contributed by atoms with van der Waals surface area (Å²) in [6.07, 6.45) is 7.81. The molecule has 4 atom stereocenters. The maximum Gasteiger partial charge on any atom is 0.276 e. The number of aryl methyl sites for hydroxylation is 1. The quantitative estimate of drug-likeness (QED) is 0.791. The molecule has 2 bridgehead atoms. The molecule has 5 rings (SSSR count). The molecule has 0 aromatic carbocycles. The van der Waals surface area contributed by atoms with Gasteiger partial charge >= 0.3 is 0 Å². The van der Waals surface area contributed by atoms with Crippen LogP contribution >= 0.6 is 11.8 Å². The number of fused-ring (bicyclic) bond motifs is 2. The van der Waals surface area contributed by atoms with E-state index in [0.717, 1.165) is 36.3 Å². The highest BCUT2D eigenvalue weighted by Crippen LogP contribution is 2.47. The number of piperidine rings is 1. The van der Waals surface area contributed by atoms with E-state index >= 15 is 0 Å². The second-order valence-electron chi connectivity index (χ2n) is 9.73. The lowest BCUT2D eigenvalue weighted by Gasteiger charge is -2.34. The summed E-state index contributed by atoms with van der Waals surface area (Å²) in [6.45, 7) is 5.23. The minimum absolute atomic E-state index is 0.0650. The zero-order valence-electron chi connectivity index (χ0n) is 17.7. The Balaban J connectivity index is 1.16. The minimum Gasteiger partial charge on any atom is -0.361 e. The number of hydrogen-bond acceptors (Lipinski definition) is 6. The van der Waals surface area contributed by atoms with Crippen molar-refractivity contribution < 1.29 is 14.1 Å². The van der Waals surface area contributed by atoms with Gasteiger partial charge in [0.1, 0.15) is 5.76 Å². The lowest BCUT2D eigenvalue weighted by atomic mass is 9.87. The lowest BCUT2D eigenvalue weighted by Crippen LogP contribution is -2.42. The Bertz CT molecular complexity index is 875. The van der Waals surface area contributed by atoms with Gasteiger partial charge in [0.05, 0.1) is 10.8 Å². The molecule has 2 saturated heterocycles. The van der Waals surface area contributed by atoms with Crippen molar-refractivity contribution >= 4 is 28.7 Å². The average Bonchev–Trinajstić information content (AvgIpc) is 3.48. The molecule has 4 aliphatic rings. The van der Waals surface area contributed by atoms with Crippen LogP contribution in [0.3, 0.4) is 0 Å². The number of hydrogen-bond donors (Lipinski definition) is 1. The molecule has 1 aromatic rings. The fourth-order valence-electron chi connectivity index (χ4n) is 5.75.